The molecule has 0 aliphatic carbocycles. The number of ether oxygens (including phenoxy) is 1. The molecule has 1 aromatic heterocycles. The van der Waals surface area contributed by atoms with E-state index in [1.807, 2.05) is 6.92 Å². The summed E-state index contributed by atoms with van der Waals surface area (Å²) >= 11 is 1.80. The summed E-state index contributed by atoms with van der Waals surface area (Å²) in [7, 11) is 0. The Morgan fingerprint density at radius 3 is 3.00 bits per heavy atom. The molecule has 0 amide bonds. The van der Waals surface area contributed by atoms with Gasteiger partial charge in [-0.3, -0.25) is 11.3 Å². The van der Waals surface area contributed by atoms with Crippen LogP contribution in [-0.4, -0.2) is 19.3 Å². The summed E-state index contributed by atoms with van der Waals surface area (Å²) in [6, 6.07) is 4.62. The molecule has 0 radical (unpaired) electrons. The van der Waals surface area contributed by atoms with Crippen LogP contribution >= 0.6 is 11.3 Å². The summed E-state index contributed by atoms with van der Waals surface area (Å²) in [4.78, 5) is 1.42. The van der Waals surface area contributed by atoms with Crippen molar-refractivity contribution in [2.45, 2.75) is 32.2 Å². The first-order chi connectivity index (χ1) is 7.36. The van der Waals surface area contributed by atoms with Crippen LogP contribution in [0.2, 0.25) is 0 Å². The van der Waals surface area contributed by atoms with Crippen molar-refractivity contribution in [1.29, 1.82) is 0 Å². The van der Waals surface area contributed by atoms with Gasteiger partial charge in [0.15, 0.2) is 0 Å². The molecule has 3 N–H and O–H groups in total. The monoisotopic (exact) mass is 228 g/mol. The highest BCUT2D eigenvalue weighted by Gasteiger charge is 2.06. The van der Waals surface area contributed by atoms with Crippen molar-refractivity contribution in [1.82, 2.24) is 5.43 Å². The second-order valence-electron chi connectivity index (χ2n) is 3.47. The molecule has 3 nitrogen and oxygen atoms in total. The van der Waals surface area contributed by atoms with Gasteiger partial charge in [0.1, 0.15) is 0 Å². The van der Waals surface area contributed by atoms with Gasteiger partial charge in [-0.05, 0) is 37.6 Å². The van der Waals surface area contributed by atoms with Gasteiger partial charge in [-0.15, -0.1) is 11.3 Å². The molecule has 1 unspecified atom stereocenters. The average Bonchev–Trinajstić information content (AvgIpc) is 2.76. The van der Waals surface area contributed by atoms with E-state index >= 15 is 0 Å². The lowest BCUT2D eigenvalue weighted by atomic mass is 10.1. The fraction of sp³-hybridized carbons (Fsp3) is 0.636. The van der Waals surface area contributed by atoms with Crippen molar-refractivity contribution >= 4 is 11.3 Å². The second kappa shape index (κ2) is 7.82. The molecule has 1 aromatic rings. The third kappa shape index (κ3) is 5.28. The van der Waals surface area contributed by atoms with E-state index in [-0.39, 0.29) is 0 Å². The van der Waals surface area contributed by atoms with E-state index in [0.717, 1.165) is 32.5 Å². The lowest BCUT2D eigenvalue weighted by Gasteiger charge is -2.14. The number of hydrazine groups is 1. The highest BCUT2D eigenvalue weighted by Crippen LogP contribution is 2.12. The minimum atomic E-state index is 0.360. The van der Waals surface area contributed by atoms with Crippen molar-refractivity contribution in [2.24, 2.45) is 5.84 Å². The van der Waals surface area contributed by atoms with Crippen LogP contribution in [0.15, 0.2) is 17.5 Å². The van der Waals surface area contributed by atoms with Gasteiger partial charge in [0.2, 0.25) is 0 Å². The second-order valence-corrected chi connectivity index (χ2v) is 4.50. The normalized spacial score (nSPS) is 12.9. The topological polar surface area (TPSA) is 47.3 Å². The number of rotatable bonds is 8. The number of hydrogen-bond donors (Lipinski definition) is 2. The molecule has 0 fully saturated rings. The van der Waals surface area contributed by atoms with Gasteiger partial charge in [0.05, 0.1) is 0 Å². The standard InChI is InChI=1S/C11H20N2OS/c1-2-14-8-7-10(13-12)5-6-11-4-3-9-15-11/h3-4,9-10,13H,2,5-8,12H2,1H3. The Hall–Kier alpha value is -0.420. The maximum absolute atomic E-state index is 5.49. The zero-order chi connectivity index (χ0) is 10.9. The van der Waals surface area contributed by atoms with E-state index < -0.39 is 0 Å². The van der Waals surface area contributed by atoms with Crippen molar-refractivity contribution in [3.63, 3.8) is 0 Å². The molecule has 0 aliphatic heterocycles. The van der Waals surface area contributed by atoms with Crippen LogP contribution in [0.4, 0.5) is 0 Å². The van der Waals surface area contributed by atoms with Gasteiger partial charge in [0, 0.05) is 24.1 Å². The lowest BCUT2D eigenvalue weighted by Crippen LogP contribution is -2.36. The molecule has 0 aromatic carbocycles. The van der Waals surface area contributed by atoms with Gasteiger partial charge in [-0.2, -0.15) is 0 Å². The summed E-state index contributed by atoms with van der Waals surface area (Å²) in [5.41, 5.74) is 2.85. The molecule has 4 heteroatoms. The van der Waals surface area contributed by atoms with Crippen molar-refractivity contribution in [3.05, 3.63) is 22.4 Å². The molecule has 1 rings (SSSR count). The van der Waals surface area contributed by atoms with Crippen molar-refractivity contribution in [2.75, 3.05) is 13.2 Å². The highest BCUT2D eigenvalue weighted by molar-refractivity contribution is 7.09. The molecule has 0 spiro atoms. The van der Waals surface area contributed by atoms with E-state index in [4.69, 9.17) is 10.6 Å². The highest BCUT2D eigenvalue weighted by atomic mass is 32.1. The first-order valence-corrected chi connectivity index (χ1v) is 6.31. The molecule has 0 bridgehead atoms. The third-order valence-corrected chi connectivity index (χ3v) is 3.31. The van der Waals surface area contributed by atoms with Crippen molar-refractivity contribution in [3.8, 4) is 0 Å². The molecule has 0 aliphatic rings. The SMILES string of the molecule is CCOCCC(CCc1cccs1)NN. The number of nitrogens with two attached hydrogens (primary N) is 1. The Morgan fingerprint density at radius 2 is 2.40 bits per heavy atom. The first kappa shape index (κ1) is 12.6. The van der Waals surface area contributed by atoms with Crippen LogP contribution in [0.1, 0.15) is 24.6 Å². The zero-order valence-corrected chi connectivity index (χ0v) is 10.1. The Balaban J connectivity index is 2.16. The smallest absolute Gasteiger partial charge is 0.0481 e. The summed E-state index contributed by atoms with van der Waals surface area (Å²) in [5, 5.41) is 2.11. The third-order valence-electron chi connectivity index (χ3n) is 2.37. The lowest BCUT2D eigenvalue weighted by molar-refractivity contribution is 0.135. The van der Waals surface area contributed by atoms with Crippen molar-refractivity contribution < 1.29 is 4.74 Å². The largest absolute Gasteiger partial charge is 0.382 e. The summed E-state index contributed by atoms with van der Waals surface area (Å²) < 4.78 is 5.31. The zero-order valence-electron chi connectivity index (χ0n) is 9.24. The number of aryl methyl sites for hydroxylation is 1. The maximum atomic E-state index is 5.49. The van der Waals surface area contributed by atoms with Crippen LogP contribution < -0.4 is 11.3 Å². The predicted octanol–water partition coefficient (Wildman–Crippen LogP) is 1.94. The van der Waals surface area contributed by atoms with Crippen LogP contribution in [0.5, 0.6) is 0 Å². The Bertz CT molecular complexity index is 239. The van der Waals surface area contributed by atoms with E-state index in [1.165, 1.54) is 4.88 Å². The molecule has 0 saturated carbocycles. The first-order valence-electron chi connectivity index (χ1n) is 5.43. The summed E-state index contributed by atoms with van der Waals surface area (Å²) in [6.45, 7) is 3.58. The average molecular weight is 228 g/mol. The number of thiophene rings is 1. The van der Waals surface area contributed by atoms with Crippen LogP contribution in [0, 0.1) is 0 Å². The fourth-order valence-corrected chi connectivity index (χ4v) is 2.18. The molecule has 15 heavy (non-hydrogen) atoms. The van der Waals surface area contributed by atoms with E-state index in [0.29, 0.717) is 6.04 Å². The number of hydrogen-bond acceptors (Lipinski definition) is 4. The maximum Gasteiger partial charge on any atom is 0.0481 e. The van der Waals surface area contributed by atoms with Crippen LogP contribution in [0.3, 0.4) is 0 Å². The van der Waals surface area contributed by atoms with E-state index in [2.05, 4.69) is 22.9 Å². The Morgan fingerprint density at radius 1 is 1.53 bits per heavy atom. The Labute approximate surface area is 95.6 Å². The fourth-order valence-electron chi connectivity index (χ4n) is 1.45. The number of nitrogens with one attached hydrogen (secondary N) is 1. The molecule has 0 saturated heterocycles. The minimum Gasteiger partial charge on any atom is -0.382 e. The molecule has 86 valence electrons. The van der Waals surface area contributed by atoms with Gasteiger partial charge in [0.25, 0.3) is 0 Å². The van der Waals surface area contributed by atoms with Gasteiger partial charge >= 0.3 is 0 Å². The van der Waals surface area contributed by atoms with Crippen LogP contribution in [0.25, 0.3) is 0 Å². The van der Waals surface area contributed by atoms with Crippen LogP contribution in [-0.2, 0) is 11.2 Å². The Kier molecular flexibility index (Phi) is 6.59. The quantitative estimate of drug-likeness (QED) is 0.406. The molecule has 1 atom stereocenters. The van der Waals surface area contributed by atoms with E-state index in [9.17, 15) is 0 Å². The van der Waals surface area contributed by atoms with Gasteiger partial charge < -0.3 is 4.74 Å². The predicted molar refractivity (Wildman–Crippen MR) is 64.9 cm³/mol. The summed E-state index contributed by atoms with van der Waals surface area (Å²) in [5.74, 6) is 5.49. The van der Waals surface area contributed by atoms with Gasteiger partial charge in [-0.1, -0.05) is 6.07 Å². The molecular formula is C11H20N2OS. The summed E-state index contributed by atoms with van der Waals surface area (Å²) in [6.07, 6.45) is 3.15. The molecular weight excluding hydrogens is 208 g/mol. The minimum absolute atomic E-state index is 0.360. The van der Waals surface area contributed by atoms with E-state index in [1.54, 1.807) is 11.3 Å². The van der Waals surface area contributed by atoms with Gasteiger partial charge in [-0.25, -0.2) is 0 Å². The molecule has 1 heterocycles.